The summed E-state index contributed by atoms with van der Waals surface area (Å²) < 4.78 is 0. The second-order valence-electron chi connectivity index (χ2n) is 14.1. The van der Waals surface area contributed by atoms with Crippen molar-refractivity contribution < 1.29 is 25.8 Å². The maximum Gasteiger partial charge on any atom is 4.00 e. The van der Waals surface area contributed by atoms with E-state index in [1.54, 1.807) is 0 Å². The van der Waals surface area contributed by atoms with Crippen LogP contribution in [0.15, 0.2) is 206 Å². The quantitative estimate of drug-likeness (QED) is 0.115. The average Bonchev–Trinajstić information content (AvgIpc) is 3.93. The molecule has 0 saturated carbocycles. The van der Waals surface area contributed by atoms with Gasteiger partial charge in [-0.25, -0.2) is 9.85 Å². The van der Waals surface area contributed by atoms with Crippen LogP contribution < -0.4 is 0 Å². The number of benzene rings is 8. The molecule has 0 radical (unpaired) electrons. The molecule has 0 spiro atoms. The predicted octanol–water partition coefficient (Wildman–Crippen LogP) is 14.1. The van der Waals surface area contributed by atoms with Gasteiger partial charge in [0, 0.05) is 0 Å². The van der Waals surface area contributed by atoms with Crippen molar-refractivity contribution in [3.63, 3.8) is 0 Å². The molecule has 2 heteroatoms. The van der Waals surface area contributed by atoms with E-state index < -0.39 is 0 Å². The van der Waals surface area contributed by atoms with Gasteiger partial charge in [0.2, 0.25) is 0 Å². The molecule has 0 bridgehead atoms. The summed E-state index contributed by atoms with van der Waals surface area (Å²) in [4.78, 5) is 0. The molecular weight excluding hydrogens is 879 g/mol. The summed E-state index contributed by atoms with van der Waals surface area (Å²) in [5.41, 5.74) is 10.6. The molecule has 10 rings (SSSR count). The number of aryl methyl sites for hydroxylation is 2. The van der Waals surface area contributed by atoms with Gasteiger partial charge in [-0.15, -0.1) is 111 Å². The van der Waals surface area contributed by atoms with Crippen LogP contribution in [0.1, 0.15) is 36.1 Å². The van der Waals surface area contributed by atoms with Crippen LogP contribution in [-0.2, 0) is 38.7 Å². The summed E-state index contributed by atoms with van der Waals surface area (Å²) in [5, 5.41) is 10.7. The fraction of sp³-hybridized carbons (Fsp3) is 0.0714. The Morgan fingerprint density at radius 3 is 1.12 bits per heavy atom. The number of hydrogen-bond acceptors (Lipinski definition) is 0. The predicted molar refractivity (Wildman–Crippen MR) is 254 cm³/mol. The van der Waals surface area contributed by atoms with E-state index in [0.717, 1.165) is 12.8 Å². The van der Waals surface area contributed by atoms with Gasteiger partial charge in [-0.1, -0.05) is 158 Å². The van der Waals surface area contributed by atoms with Gasteiger partial charge in [-0.3, -0.25) is 0 Å². The standard InChI is InChI=1S/2C21H17.C13H11.CH3Si.Hf/c2*1-2-15-13-17-9-6-12-20(21(17)14-15)19-11-5-8-16-7-3-4-10-18(16)19;1-3-7-12(8-4-1)11-13-9-5-2-6-10-13;1-2;/h2*3-14H,2H2,1H3;1-11H;1H,2H2;/q4*-1;+4. The maximum atomic E-state index is 4.53. The van der Waals surface area contributed by atoms with Gasteiger partial charge < -0.3 is 6.17 Å². The van der Waals surface area contributed by atoms with Crippen LogP contribution in [0.3, 0.4) is 0 Å². The number of fused-ring (bicyclic) bond motifs is 4. The van der Waals surface area contributed by atoms with Gasteiger partial charge in [-0.2, -0.15) is 12.1 Å². The molecule has 10 aromatic carbocycles. The Morgan fingerprint density at radius 2 is 0.724 bits per heavy atom. The van der Waals surface area contributed by atoms with Crippen LogP contribution in [0.4, 0.5) is 0 Å². The Labute approximate surface area is 366 Å². The molecule has 0 saturated heterocycles. The molecule has 0 aliphatic rings. The van der Waals surface area contributed by atoms with Crippen molar-refractivity contribution >= 4 is 59.1 Å². The molecule has 0 atom stereocenters. The third-order valence-corrected chi connectivity index (χ3v) is 10.5. The van der Waals surface area contributed by atoms with E-state index in [1.807, 2.05) is 12.1 Å². The van der Waals surface area contributed by atoms with Crippen molar-refractivity contribution in [2.45, 2.75) is 26.7 Å². The normalized spacial score (nSPS) is 10.4. The van der Waals surface area contributed by atoms with Gasteiger partial charge in [0.05, 0.1) is 0 Å². The minimum Gasteiger partial charge on any atom is -0.533 e. The van der Waals surface area contributed by atoms with Crippen LogP contribution in [0.5, 0.6) is 0 Å². The summed E-state index contributed by atoms with van der Waals surface area (Å²) in [6.07, 6.45) is 8.87. The molecular formula is C56H48HfSi. The van der Waals surface area contributed by atoms with E-state index in [2.05, 4.69) is 221 Å². The molecule has 0 heterocycles. The minimum absolute atomic E-state index is 0. The Kier molecular flexibility index (Phi) is 14.9. The molecule has 0 aliphatic heterocycles. The molecule has 0 unspecified atom stereocenters. The van der Waals surface area contributed by atoms with Crippen molar-refractivity contribution in [3.8, 4) is 22.3 Å². The van der Waals surface area contributed by atoms with Crippen molar-refractivity contribution in [3.05, 3.63) is 235 Å². The zero-order chi connectivity index (χ0) is 39.4. The Bertz CT molecular complexity index is 2620. The summed E-state index contributed by atoms with van der Waals surface area (Å²) in [6.45, 7) is 4.43. The van der Waals surface area contributed by atoms with Crippen LogP contribution >= 0.6 is 0 Å². The summed E-state index contributed by atoms with van der Waals surface area (Å²) in [5.74, 6) is 0. The zero-order valence-corrected chi connectivity index (χ0v) is 38.4. The Morgan fingerprint density at radius 1 is 0.397 bits per heavy atom. The maximum absolute atomic E-state index is 4.53. The first-order valence-corrected chi connectivity index (χ1v) is 20.7. The summed E-state index contributed by atoms with van der Waals surface area (Å²) in [6, 6.07) is 73.6. The first-order chi connectivity index (χ1) is 28.2. The van der Waals surface area contributed by atoms with Crippen LogP contribution in [0.25, 0.3) is 65.3 Å². The molecule has 0 aromatic heterocycles. The number of hydrogen-bond donors (Lipinski definition) is 0. The van der Waals surface area contributed by atoms with E-state index >= 15 is 0 Å². The molecule has 0 fully saturated rings. The first kappa shape index (κ1) is 41.9. The molecule has 0 aliphatic carbocycles. The van der Waals surface area contributed by atoms with Crippen LogP contribution in [0, 0.1) is 6.42 Å². The Hall–Kier alpha value is -5.67. The SMILES string of the molecule is CCc1cc2c(-c3cccc4ccccc34)cccc2[cH-]1.CCc1cc2c(-c3cccc4ccccc34)cccc2[cH-]1.[CH-]=[SiH2].[Hf+4].c1ccc([CH-]c2ccccc2)cc1. The topological polar surface area (TPSA) is 0 Å². The largest absolute Gasteiger partial charge is 4.00 e. The second-order valence-corrected chi connectivity index (χ2v) is 14.1. The average molecular weight is 928 g/mol. The monoisotopic (exact) mass is 928 g/mol. The van der Waals surface area contributed by atoms with Crippen molar-refractivity contribution in [2.75, 3.05) is 0 Å². The Balaban J connectivity index is 0.000000146. The van der Waals surface area contributed by atoms with Crippen molar-refractivity contribution in [1.29, 1.82) is 0 Å². The van der Waals surface area contributed by atoms with E-state index in [1.165, 1.54) is 97.5 Å². The van der Waals surface area contributed by atoms with Gasteiger partial charge in [0.15, 0.2) is 0 Å². The van der Waals surface area contributed by atoms with Gasteiger partial charge in [-0.05, 0) is 45.5 Å². The van der Waals surface area contributed by atoms with Crippen LogP contribution in [0.2, 0.25) is 0 Å². The van der Waals surface area contributed by atoms with Crippen molar-refractivity contribution in [2.24, 2.45) is 0 Å². The third-order valence-electron chi connectivity index (χ3n) is 10.5. The fourth-order valence-electron chi connectivity index (χ4n) is 7.68. The molecule has 0 amide bonds. The van der Waals surface area contributed by atoms with E-state index in [0.29, 0.717) is 0 Å². The van der Waals surface area contributed by atoms with Crippen molar-refractivity contribution in [1.82, 2.24) is 0 Å². The molecule has 280 valence electrons. The third kappa shape index (κ3) is 9.71. The fourth-order valence-corrected chi connectivity index (χ4v) is 7.68. The zero-order valence-electron chi connectivity index (χ0n) is 33.4. The van der Waals surface area contributed by atoms with Gasteiger partial charge in [0.25, 0.3) is 0 Å². The molecule has 0 N–H and O–H groups in total. The summed E-state index contributed by atoms with van der Waals surface area (Å²) in [7, 11) is 1.36. The van der Waals surface area contributed by atoms with Gasteiger partial charge >= 0.3 is 25.8 Å². The van der Waals surface area contributed by atoms with Crippen LogP contribution in [-0.4, -0.2) is 16.0 Å². The first-order valence-electron chi connectivity index (χ1n) is 19.9. The smallest absolute Gasteiger partial charge is 0.533 e. The van der Waals surface area contributed by atoms with E-state index in [4.69, 9.17) is 0 Å². The second kappa shape index (κ2) is 20.7. The minimum atomic E-state index is 0. The summed E-state index contributed by atoms with van der Waals surface area (Å²) >= 11 is 0. The molecule has 58 heavy (non-hydrogen) atoms. The number of rotatable bonds is 6. The molecule has 10 aromatic rings. The van der Waals surface area contributed by atoms with E-state index in [9.17, 15) is 0 Å². The van der Waals surface area contributed by atoms with Gasteiger partial charge in [0.1, 0.15) is 0 Å². The molecule has 0 nitrogen and oxygen atoms in total. The van der Waals surface area contributed by atoms with E-state index in [-0.39, 0.29) is 25.8 Å².